The van der Waals surface area contributed by atoms with Crippen LogP contribution in [0.2, 0.25) is 0 Å². The maximum atomic E-state index is 13.1. The van der Waals surface area contributed by atoms with Crippen molar-refractivity contribution in [1.82, 2.24) is 4.98 Å². The second-order valence-electron chi connectivity index (χ2n) is 3.68. The molecule has 0 spiro atoms. The lowest BCUT2D eigenvalue weighted by Crippen LogP contribution is -2.04. The molecule has 0 bridgehead atoms. The van der Waals surface area contributed by atoms with Crippen LogP contribution in [0.4, 0.5) is 4.39 Å². The fourth-order valence-corrected chi connectivity index (χ4v) is 1.87. The summed E-state index contributed by atoms with van der Waals surface area (Å²) in [5.74, 6) is 0.701. The number of hydrogen-bond acceptors (Lipinski definition) is 3. The van der Waals surface area contributed by atoms with Gasteiger partial charge in [-0.3, -0.25) is 0 Å². The first-order chi connectivity index (χ1) is 8.70. The Labute approximate surface area is 113 Å². The van der Waals surface area contributed by atoms with Crippen LogP contribution in [0.3, 0.4) is 0 Å². The summed E-state index contributed by atoms with van der Waals surface area (Å²) in [5.41, 5.74) is 6.46. The number of aromatic nitrogens is 1. The van der Waals surface area contributed by atoms with Crippen LogP contribution in [0, 0.1) is 5.82 Å². The fraction of sp³-hybridized carbons (Fsp3) is 0.154. The molecule has 0 unspecified atom stereocenters. The summed E-state index contributed by atoms with van der Waals surface area (Å²) in [6, 6.07) is 8.20. The molecule has 0 fully saturated rings. The van der Waals surface area contributed by atoms with E-state index in [2.05, 4.69) is 20.9 Å². The molecule has 2 rings (SSSR count). The van der Waals surface area contributed by atoms with Crippen molar-refractivity contribution in [1.29, 1.82) is 0 Å². The number of rotatable bonds is 4. The first-order valence-electron chi connectivity index (χ1n) is 5.47. The second-order valence-corrected chi connectivity index (χ2v) is 4.54. The van der Waals surface area contributed by atoms with Crippen molar-refractivity contribution in [2.45, 2.75) is 6.42 Å². The summed E-state index contributed by atoms with van der Waals surface area (Å²) < 4.78 is 19.1. The minimum absolute atomic E-state index is 0.328. The van der Waals surface area contributed by atoms with Crippen LogP contribution < -0.4 is 10.5 Å². The number of nitrogens with zero attached hydrogens (tertiary/aromatic N) is 1. The van der Waals surface area contributed by atoms with E-state index in [1.54, 1.807) is 18.3 Å². The predicted octanol–water partition coefficient (Wildman–Crippen LogP) is 3.28. The Bertz CT molecular complexity index is 548. The third-order valence-electron chi connectivity index (χ3n) is 2.37. The zero-order valence-electron chi connectivity index (χ0n) is 9.57. The van der Waals surface area contributed by atoms with Crippen LogP contribution in [0.1, 0.15) is 5.56 Å². The van der Waals surface area contributed by atoms with Gasteiger partial charge in [0.2, 0.25) is 5.88 Å². The van der Waals surface area contributed by atoms with E-state index in [0.717, 1.165) is 5.56 Å². The summed E-state index contributed by atoms with van der Waals surface area (Å²) in [6.45, 7) is 0.523. The van der Waals surface area contributed by atoms with Gasteiger partial charge in [-0.15, -0.1) is 0 Å². The van der Waals surface area contributed by atoms with Crippen molar-refractivity contribution in [3.63, 3.8) is 0 Å². The summed E-state index contributed by atoms with van der Waals surface area (Å²) in [7, 11) is 0. The molecular weight excluding hydrogens is 299 g/mol. The highest BCUT2D eigenvalue weighted by molar-refractivity contribution is 9.10. The molecule has 1 heterocycles. The van der Waals surface area contributed by atoms with Crippen molar-refractivity contribution in [3.8, 4) is 11.6 Å². The van der Waals surface area contributed by atoms with Gasteiger partial charge in [0.15, 0.2) is 0 Å². The molecule has 0 atom stereocenters. The van der Waals surface area contributed by atoms with Crippen molar-refractivity contribution in [2.24, 2.45) is 5.73 Å². The molecule has 0 saturated heterocycles. The highest BCUT2D eigenvalue weighted by atomic mass is 79.9. The van der Waals surface area contributed by atoms with Gasteiger partial charge in [0.25, 0.3) is 0 Å². The topological polar surface area (TPSA) is 48.1 Å². The van der Waals surface area contributed by atoms with Crippen molar-refractivity contribution in [2.75, 3.05) is 6.54 Å². The molecule has 0 aliphatic carbocycles. The molecule has 1 aromatic heterocycles. The minimum Gasteiger partial charge on any atom is -0.439 e. The molecule has 18 heavy (non-hydrogen) atoms. The number of halogens is 2. The molecule has 0 radical (unpaired) electrons. The molecular formula is C13H12BrFN2O. The highest BCUT2D eigenvalue weighted by Crippen LogP contribution is 2.27. The predicted molar refractivity (Wildman–Crippen MR) is 71.2 cm³/mol. The Morgan fingerprint density at radius 3 is 2.89 bits per heavy atom. The van der Waals surface area contributed by atoms with Crippen LogP contribution >= 0.6 is 15.9 Å². The van der Waals surface area contributed by atoms with E-state index in [0.29, 0.717) is 29.1 Å². The van der Waals surface area contributed by atoms with Crippen LogP contribution in [0.25, 0.3) is 0 Å². The first-order valence-corrected chi connectivity index (χ1v) is 6.27. The Hall–Kier alpha value is -1.46. The van der Waals surface area contributed by atoms with Gasteiger partial charge >= 0.3 is 0 Å². The SMILES string of the molecule is NCCc1cccnc1Oc1ccc(F)c(Br)c1. The van der Waals surface area contributed by atoms with E-state index in [1.807, 2.05) is 12.1 Å². The molecule has 0 saturated carbocycles. The van der Waals surface area contributed by atoms with Gasteiger partial charge in [0.05, 0.1) is 4.47 Å². The number of ether oxygens (including phenoxy) is 1. The van der Waals surface area contributed by atoms with Crippen molar-refractivity contribution in [3.05, 3.63) is 52.4 Å². The monoisotopic (exact) mass is 310 g/mol. The van der Waals surface area contributed by atoms with Gasteiger partial charge in [-0.1, -0.05) is 6.07 Å². The van der Waals surface area contributed by atoms with E-state index < -0.39 is 0 Å². The van der Waals surface area contributed by atoms with E-state index in [-0.39, 0.29) is 5.82 Å². The molecule has 0 aliphatic rings. The largest absolute Gasteiger partial charge is 0.439 e. The highest BCUT2D eigenvalue weighted by Gasteiger charge is 2.07. The van der Waals surface area contributed by atoms with Crippen LogP contribution in [-0.2, 0) is 6.42 Å². The van der Waals surface area contributed by atoms with Gasteiger partial charge in [0.1, 0.15) is 11.6 Å². The van der Waals surface area contributed by atoms with Gasteiger partial charge < -0.3 is 10.5 Å². The lowest BCUT2D eigenvalue weighted by molar-refractivity contribution is 0.454. The van der Waals surface area contributed by atoms with Crippen molar-refractivity contribution >= 4 is 15.9 Å². The zero-order valence-corrected chi connectivity index (χ0v) is 11.2. The average Bonchev–Trinajstić information content (AvgIpc) is 2.37. The zero-order chi connectivity index (χ0) is 13.0. The molecule has 0 aliphatic heterocycles. The van der Waals surface area contributed by atoms with Gasteiger partial charge in [-0.25, -0.2) is 9.37 Å². The lowest BCUT2D eigenvalue weighted by atomic mass is 10.2. The number of benzene rings is 1. The Balaban J connectivity index is 2.25. The smallest absolute Gasteiger partial charge is 0.222 e. The minimum atomic E-state index is -0.328. The molecule has 1 aromatic carbocycles. The van der Waals surface area contributed by atoms with Gasteiger partial charge in [-0.05, 0) is 53.2 Å². The number of hydrogen-bond donors (Lipinski definition) is 1. The third kappa shape index (κ3) is 3.05. The molecule has 2 aromatic rings. The van der Waals surface area contributed by atoms with E-state index in [1.165, 1.54) is 6.07 Å². The van der Waals surface area contributed by atoms with E-state index in [4.69, 9.17) is 10.5 Å². The summed E-state index contributed by atoms with van der Waals surface area (Å²) in [4.78, 5) is 4.16. The molecule has 5 heteroatoms. The van der Waals surface area contributed by atoms with Gasteiger partial charge in [0, 0.05) is 11.8 Å². The van der Waals surface area contributed by atoms with Gasteiger partial charge in [-0.2, -0.15) is 0 Å². The second kappa shape index (κ2) is 5.93. The first kappa shape index (κ1) is 13.0. The normalized spacial score (nSPS) is 10.4. The summed E-state index contributed by atoms with van der Waals surface area (Å²) >= 11 is 3.11. The Morgan fingerprint density at radius 2 is 2.17 bits per heavy atom. The maximum absolute atomic E-state index is 13.1. The van der Waals surface area contributed by atoms with Crippen LogP contribution in [0.15, 0.2) is 41.0 Å². The van der Waals surface area contributed by atoms with Crippen molar-refractivity contribution < 1.29 is 9.13 Å². The molecule has 2 N–H and O–H groups in total. The average molecular weight is 311 g/mol. The summed E-state index contributed by atoms with van der Waals surface area (Å²) in [5, 5.41) is 0. The Morgan fingerprint density at radius 1 is 1.33 bits per heavy atom. The quantitative estimate of drug-likeness (QED) is 0.942. The third-order valence-corrected chi connectivity index (χ3v) is 2.98. The van der Waals surface area contributed by atoms with E-state index in [9.17, 15) is 4.39 Å². The summed E-state index contributed by atoms with van der Waals surface area (Å²) in [6.07, 6.45) is 2.33. The Kier molecular flexibility index (Phi) is 4.28. The van der Waals surface area contributed by atoms with Crippen LogP contribution in [-0.4, -0.2) is 11.5 Å². The maximum Gasteiger partial charge on any atom is 0.222 e. The molecule has 0 amide bonds. The molecule has 94 valence electrons. The van der Waals surface area contributed by atoms with E-state index >= 15 is 0 Å². The number of nitrogens with two attached hydrogens (primary N) is 1. The lowest BCUT2D eigenvalue weighted by Gasteiger charge is -2.09. The molecule has 3 nitrogen and oxygen atoms in total. The standard InChI is InChI=1S/C13H12BrFN2O/c14-11-8-10(3-4-12(11)15)18-13-9(5-6-16)2-1-7-17-13/h1-4,7-8H,5-6,16H2. The fourth-order valence-electron chi connectivity index (χ4n) is 1.51. The van der Waals surface area contributed by atoms with Crippen LogP contribution in [0.5, 0.6) is 11.6 Å². The number of pyridine rings is 1.